The second-order valence-corrected chi connectivity index (χ2v) is 3.83. The molecule has 0 aliphatic heterocycles. The molecule has 0 amide bonds. The molecular formula is C10H14N4O. The van der Waals surface area contributed by atoms with E-state index in [-0.39, 0.29) is 5.96 Å². The molecule has 15 heavy (non-hydrogen) atoms. The van der Waals surface area contributed by atoms with Crippen molar-refractivity contribution in [3.8, 4) is 0 Å². The topological polar surface area (TPSA) is 89.9 Å². The Kier molecular flexibility index (Phi) is 2.45. The van der Waals surface area contributed by atoms with Gasteiger partial charge in [0.1, 0.15) is 11.5 Å². The number of guanidine groups is 1. The van der Waals surface area contributed by atoms with Crippen LogP contribution < -0.4 is 11.5 Å². The fourth-order valence-corrected chi connectivity index (χ4v) is 1.51. The van der Waals surface area contributed by atoms with E-state index in [1.54, 1.807) is 0 Å². The van der Waals surface area contributed by atoms with Gasteiger partial charge in [0.2, 0.25) is 5.96 Å². The average Bonchev–Trinajstić information content (AvgIpc) is 2.73. The number of rotatable bonds is 3. The minimum atomic E-state index is -0.0613. The molecule has 2 atom stereocenters. The molecule has 5 nitrogen and oxygen atoms in total. The van der Waals surface area contributed by atoms with Gasteiger partial charge in [-0.3, -0.25) is 0 Å². The van der Waals surface area contributed by atoms with Gasteiger partial charge in [-0.15, -0.1) is 5.10 Å². The first kappa shape index (κ1) is 9.76. The molecule has 1 aromatic rings. The molecule has 1 aliphatic rings. The lowest BCUT2D eigenvalue weighted by Gasteiger charge is -1.89. The van der Waals surface area contributed by atoms with E-state index in [9.17, 15) is 0 Å². The smallest absolute Gasteiger partial charge is 0.211 e. The summed E-state index contributed by atoms with van der Waals surface area (Å²) in [5.41, 5.74) is 10.2. The maximum atomic E-state index is 5.56. The highest BCUT2D eigenvalue weighted by Crippen LogP contribution is 2.47. The molecule has 0 unspecified atom stereocenters. The predicted molar refractivity (Wildman–Crippen MR) is 58.6 cm³/mol. The van der Waals surface area contributed by atoms with Crippen LogP contribution in [0.25, 0.3) is 0 Å². The predicted octanol–water partition coefficient (Wildman–Crippen LogP) is 1.01. The monoisotopic (exact) mass is 206 g/mol. The normalized spacial score (nSPS) is 24.3. The van der Waals surface area contributed by atoms with E-state index in [1.807, 2.05) is 12.1 Å². The second kappa shape index (κ2) is 3.76. The molecule has 2 rings (SSSR count). The summed E-state index contributed by atoms with van der Waals surface area (Å²) in [6, 6.07) is 3.84. The lowest BCUT2D eigenvalue weighted by atomic mass is 10.3. The van der Waals surface area contributed by atoms with Gasteiger partial charge in [0.15, 0.2) is 0 Å². The van der Waals surface area contributed by atoms with Crippen LogP contribution in [-0.4, -0.2) is 12.2 Å². The molecular weight excluding hydrogens is 192 g/mol. The van der Waals surface area contributed by atoms with Crippen molar-refractivity contribution in [2.45, 2.75) is 19.3 Å². The van der Waals surface area contributed by atoms with Crippen molar-refractivity contribution < 1.29 is 4.42 Å². The maximum absolute atomic E-state index is 5.56. The van der Waals surface area contributed by atoms with Gasteiger partial charge in [-0.05, 0) is 24.5 Å². The van der Waals surface area contributed by atoms with Crippen molar-refractivity contribution in [3.63, 3.8) is 0 Å². The molecule has 1 heterocycles. The number of nitrogens with two attached hydrogens (primary N) is 2. The third kappa shape index (κ3) is 2.37. The van der Waals surface area contributed by atoms with E-state index < -0.39 is 0 Å². The summed E-state index contributed by atoms with van der Waals surface area (Å²) in [6.45, 7) is 2.21. The summed E-state index contributed by atoms with van der Waals surface area (Å²) in [5.74, 6) is 2.95. The van der Waals surface area contributed by atoms with Crippen LogP contribution in [0.4, 0.5) is 0 Å². The first-order valence-electron chi connectivity index (χ1n) is 4.88. The summed E-state index contributed by atoms with van der Waals surface area (Å²) in [4.78, 5) is 0. The number of hydrogen-bond donors (Lipinski definition) is 2. The zero-order valence-corrected chi connectivity index (χ0v) is 8.55. The van der Waals surface area contributed by atoms with Crippen molar-refractivity contribution in [3.05, 3.63) is 23.7 Å². The van der Waals surface area contributed by atoms with Gasteiger partial charge < -0.3 is 15.9 Å². The third-order valence-corrected chi connectivity index (χ3v) is 2.48. The Balaban J connectivity index is 2.01. The first-order valence-corrected chi connectivity index (χ1v) is 4.88. The highest BCUT2D eigenvalue weighted by molar-refractivity contribution is 5.79. The van der Waals surface area contributed by atoms with Crippen LogP contribution in [-0.2, 0) is 0 Å². The fourth-order valence-electron chi connectivity index (χ4n) is 1.51. The van der Waals surface area contributed by atoms with Gasteiger partial charge in [0, 0.05) is 5.92 Å². The minimum absolute atomic E-state index is 0.0613. The van der Waals surface area contributed by atoms with Crippen LogP contribution in [0, 0.1) is 5.92 Å². The second-order valence-electron chi connectivity index (χ2n) is 3.83. The standard InChI is InChI=1S/C10H14N4O/c1-6-4-8(6)9-3-2-7(15-9)5-13-14-10(11)12/h2-3,5-6,8H,4H2,1H3,(H4,11,12,14)/b13-5-/t6-,8-/m0/s1. The Labute approximate surface area is 87.9 Å². The first-order chi connectivity index (χ1) is 7.16. The Morgan fingerprint density at radius 2 is 2.27 bits per heavy atom. The lowest BCUT2D eigenvalue weighted by molar-refractivity contribution is 0.500. The van der Waals surface area contributed by atoms with Gasteiger partial charge in [-0.25, -0.2) is 0 Å². The van der Waals surface area contributed by atoms with E-state index in [0.29, 0.717) is 11.7 Å². The van der Waals surface area contributed by atoms with Crippen molar-refractivity contribution in [2.75, 3.05) is 0 Å². The molecule has 4 N–H and O–H groups in total. The molecule has 0 radical (unpaired) electrons. The highest BCUT2D eigenvalue weighted by atomic mass is 16.3. The van der Waals surface area contributed by atoms with Gasteiger partial charge >= 0.3 is 0 Å². The van der Waals surface area contributed by atoms with E-state index >= 15 is 0 Å². The average molecular weight is 206 g/mol. The van der Waals surface area contributed by atoms with Crippen molar-refractivity contribution >= 4 is 12.2 Å². The number of hydrogen-bond acceptors (Lipinski definition) is 3. The van der Waals surface area contributed by atoms with Gasteiger partial charge in [-0.1, -0.05) is 6.92 Å². The van der Waals surface area contributed by atoms with Crippen LogP contribution >= 0.6 is 0 Å². The number of furan rings is 1. The zero-order valence-electron chi connectivity index (χ0n) is 8.55. The Hall–Kier alpha value is -1.78. The number of nitrogens with zero attached hydrogens (tertiary/aromatic N) is 2. The summed E-state index contributed by atoms with van der Waals surface area (Å²) in [7, 11) is 0. The fraction of sp³-hybridized carbons (Fsp3) is 0.400. The summed E-state index contributed by atoms with van der Waals surface area (Å²) < 4.78 is 5.56. The van der Waals surface area contributed by atoms with Gasteiger partial charge in [0.05, 0.1) is 6.21 Å². The van der Waals surface area contributed by atoms with Gasteiger partial charge in [-0.2, -0.15) is 5.10 Å². The maximum Gasteiger partial charge on any atom is 0.211 e. The van der Waals surface area contributed by atoms with Gasteiger partial charge in [0.25, 0.3) is 0 Å². The largest absolute Gasteiger partial charge is 0.460 e. The Morgan fingerprint density at radius 1 is 1.53 bits per heavy atom. The highest BCUT2D eigenvalue weighted by Gasteiger charge is 2.36. The minimum Gasteiger partial charge on any atom is -0.460 e. The van der Waals surface area contributed by atoms with Crippen molar-refractivity contribution in [1.29, 1.82) is 0 Å². The molecule has 5 heteroatoms. The summed E-state index contributed by atoms with van der Waals surface area (Å²) in [5, 5.41) is 7.16. The van der Waals surface area contributed by atoms with Crippen LogP contribution in [0.1, 0.15) is 30.8 Å². The molecule has 1 aliphatic carbocycles. The van der Waals surface area contributed by atoms with Crippen LogP contribution in [0.2, 0.25) is 0 Å². The van der Waals surface area contributed by atoms with E-state index in [0.717, 1.165) is 11.7 Å². The molecule has 1 fully saturated rings. The molecule has 1 aromatic heterocycles. The van der Waals surface area contributed by atoms with Crippen molar-refractivity contribution in [2.24, 2.45) is 27.6 Å². The third-order valence-electron chi connectivity index (χ3n) is 2.48. The van der Waals surface area contributed by atoms with Crippen LogP contribution in [0.3, 0.4) is 0 Å². The van der Waals surface area contributed by atoms with Crippen LogP contribution in [0.5, 0.6) is 0 Å². The van der Waals surface area contributed by atoms with Crippen LogP contribution in [0.15, 0.2) is 26.8 Å². The molecule has 0 bridgehead atoms. The Morgan fingerprint density at radius 3 is 2.87 bits per heavy atom. The van der Waals surface area contributed by atoms with E-state index in [1.165, 1.54) is 12.6 Å². The quantitative estimate of drug-likeness (QED) is 0.439. The SMILES string of the molecule is C[C@H]1C[C@@H]1c1ccc(/C=N\N=C(N)N)o1. The molecule has 1 saturated carbocycles. The Bertz CT molecular complexity index is 403. The van der Waals surface area contributed by atoms with Crippen molar-refractivity contribution in [1.82, 2.24) is 0 Å². The molecule has 0 aromatic carbocycles. The molecule has 0 saturated heterocycles. The summed E-state index contributed by atoms with van der Waals surface area (Å²) in [6.07, 6.45) is 2.70. The molecule has 0 spiro atoms. The van der Waals surface area contributed by atoms with E-state index in [2.05, 4.69) is 17.1 Å². The summed E-state index contributed by atoms with van der Waals surface area (Å²) >= 11 is 0. The zero-order chi connectivity index (χ0) is 10.8. The molecule has 80 valence electrons. The lowest BCUT2D eigenvalue weighted by Crippen LogP contribution is -2.21. The van der Waals surface area contributed by atoms with E-state index in [4.69, 9.17) is 15.9 Å².